The van der Waals surface area contributed by atoms with Gasteiger partial charge in [0.1, 0.15) is 10.8 Å². The monoisotopic (exact) mass is 630 g/mol. The number of amides is 1. The number of ether oxygens (including phenoxy) is 1. The fourth-order valence-electron chi connectivity index (χ4n) is 4.14. The molecule has 0 saturated heterocycles. The summed E-state index contributed by atoms with van der Waals surface area (Å²) in [7, 11) is 5.39. The number of hydrogen-bond donors (Lipinski definition) is 3. The Kier molecular flexibility index (Phi) is 10.8. The van der Waals surface area contributed by atoms with Gasteiger partial charge in [0.25, 0.3) is 0 Å². The van der Waals surface area contributed by atoms with Gasteiger partial charge in [-0.25, -0.2) is 13.4 Å². The Morgan fingerprint density at radius 3 is 2.37 bits per heavy atom. The van der Waals surface area contributed by atoms with Gasteiger partial charge in [-0.15, -0.1) is 0 Å². The van der Waals surface area contributed by atoms with E-state index < -0.39 is 10.0 Å². The molecule has 0 spiro atoms. The molecule has 0 unspecified atom stereocenters. The molecule has 12 nitrogen and oxygen atoms in total. The number of nitrogens with one attached hydrogen (secondary N) is 3. The number of benzene rings is 2. The number of hydrogen-bond acceptors (Lipinski definition) is 10. The van der Waals surface area contributed by atoms with Gasteiger partial charge in [-0.05, 0) is 57.3 Å². The zero-order valence-corrected chi connectivity index (χ0v) is 27.3. The van der Waals surface area contributed by atoms with Crippen molar-refractivity contribution in [2.75, 3.05) is 79.8 Å². The van der Waals surface area contributed by atoms with Crippen LogP contribution >= 0.6 is 11.6 Å². The van der Waals surface area contributed by atoms with E-state index in [1.807, 2.05) is 52.0 Å². The number of halogens is 1. The molecule has 3 aromatic rings. The molecule has 1 heterocycles. The lowest BCUT2D eigenvalue weighted by Gasteiger charge is -2.26. The minimum Gasteiger partial charge on any atom is -0.494 e. The predicted molar refractivity (Wildman–Crippen MR) is 176 cm³/mol. The van der Waals surface area contributed by atoms with Crippen LogP contribution in [0.3, 0.4) is 0 Å². The Hall–Kier alpha value is -4.07. The lowest BCUT2D eigenvalue weighted by molar-refractivity contribution is -0.111. The summed E-state index contributed by atoms with van der Waals surface area (Å²) >= 11 is 6.47. The first-order chi connectivity index (χ1) is 20.2. The van der Waals surface area contributed by atoms with Gasteiger partial charge in [0.05, 0.1) is 48.0 Å². The van der Waals surface area contributed by atoms with Crippen molar-refractivity contribution in [3.05, 3.63) is 59.3 Å². The standard InChI is InChI=1S/C29H39ClN8O4S/c1-10-26(39)32-22-15-23(25(42-8)16-24(22)37(6)14-13-36(4)5)34-29-31-17-20(30)28(35-29)33-21-12-11-18(2)19(3)27(21)38(7)43(9,40)41/h10-12,15-17H,1,13-14H2,2-9H3,(H,32,39)(H2,31,33,34,35). The Balaban J connectivity index is 2.03. The molecular formula is C29H39ClN8O4S. The molecule has 232 valence electrons. The summed E-state index contributed by atoms with van der Waals surface area (Å²) in [6.45, 7) is 8.81. The van der Waals surface area contributed by atoms with Crippen molar-refractivity contribution in [3.63, 3.8) is 0 Å². The van der Waals surface area contributed by atoms with Crippen LogP contribution < -0.4 is 29.9 Å². The van der Waals surface area contributed by atoms with Gasteiger partial charge in [-0.2, -0.15) is 4.98 Å². The van der Waals surface area contributed by atoms with E-state index in [0.717, 1.165) is 29.6 Å². The molecule has 43 heavy (non-hydrogen) atoms. The highest BCUT2D eigenvalue weighted by molar-refractivity contribution is 7.92. The van der Waals surface area contributed by atoms with Crippen molar-refractivity contribution >= 4 is 67.7 Å². The van der Waals surface area contributed by atoms with Crippen LogP contribution in [-0.2, 0) is 14.8 Å². The molecule has 3 N–H and O–H groups in total. The SMILES string of the molecule is C=CC(=O)Nc1cc(Nc2ncc(Cl)c(Nc3ccc(C)c(C)c3N(C)S(C)(=O)=O)n2)c(OC)cc1N(C)CCN(C)C. The van der Waals surface area contributed by atoms with Crippen molar-refractivity contribution in [2.24, 2.45) is 0 Å². The quantitative estimate of drug-likeness (QED) is 0.227. The molecular weight excluding hydrogens is 592 g/mol. The maximum absolute atomic E-state index is 12.4. The molecule has 0 aliphatic rings. The number of carbonyl (C=O) groups excluding carboxylic acids is 1. The third-order valence-corrected chi connectivity index (χ3v) is 8.27. The number of sulfonamides is 1. The largest absolute Gasteiger partial charge is 0.494 e. The fraction of sp³-hybridized carbons (Fsp3) is 0.345. The van der Waals surface area contributed by atoms with Gasteiger partial charge in [0.15, 0.2) is 5.82 Å². The van der Waals surface area contributed by atoms with Gasteiger partial charge in [-0.1, -0.05) is 24.2 Å². The average molecular weight is 631 g/mol. The molecule has 0 radical (unpaired) electrons. The normalized spacial score (nSPS) is 11.2. The number of aryl methyl sites for hydroxylation is 1. The van der Waals surface area contributed by atoms with Crippen molar-refractivity contribution in [1.82, 2.24) is 14.9 Å². The first kappa shape index (κ1) is 33.4. The van der Waals surface area contributed by atoms with Crippen molar-refractivity contribution < 1.29 is 17.9 Å². The Morgan fingerprint density at radius 1 is 1.07 bits per heavy atom. The van der Waals surface area contributed by atoms with E-state index in [1.165, 1.54) is 23.6 Å². The number of anilines is 7. The molecule has 2 aromatic carbocycles. The third-order valence-electron chi connectivity index (χ3n) is 6.81. The Bertz CT molecular complexity index is 1610. The van der Waals surface area contributed by atoms with Crippen molar-refractivity contribution in [1.29, 1.82) is 0 Å². The van der Waals surface area contributed by atoms with E-state index in [0.29, 0.717) is 35.0 Å². The second kappa shape index (κ2) is 13.9. The minimum absolute atomic E-state index is 0.182. The molecule has 0 aliphatic heterocycles. The molecule has 0 aliphatic carbocycles. The Morgan fingerprint density at radius 2 is 1.77 bits per heavy atom. The van der Waals surface area contributed by atoms with Crippen LogP contribution in [0.4, 0.5) is 40.2 Å². The van der Waals surface area contributed by atoms with Crippen molar-refractivity contribution in [2.45, 2.75) is 13.8 Å². The summed E-state index contributed by atoms with van der Waals surface area (Å²) in [5.74, 6) is 0.560. The molecule has 0 fully saturated rings. The van der Waals surface area contributed by atoms with E-state index in [9.17, 15) is 13.2 Å². The molecule has 0 bridgehead atoms. The van der Waals surface area contributed by atoms with E-state index >= 15 is 0 Å². The predicted octanol–water partition coefficient (Wildman–Crippen LogP) is 4.76. The molecule has 14 heteroatoms. The summed E-state index contributed by atoms with van der Waals surface area (Å²) in [5.41, 5.74) is 4.46. The molecule has 1 aromatic heterocycles. The van der Waals surface area contributed by atoms with Gasteiger partial charge >= 0.3 is 0 Å². The summed E-state index contributed by atoms with van der Waals surface area (Å²) in [4.78, 5) is 25.2. The number of rotatable bonds is 13. The zero-order chi connectivity index (χ0) is 32.1. The topological polar surface area (TPSA) is 132 Å². The van der Waals surface area contributed by atoms with E-state index in [4.69, 9.17) is 16.3 Å². The second-order valence-corrected chi connectivity index (χ2v) is 12.7. The van der Waals surface area contributed by atoms with Crippen LogP contribution in [0.25, 0.3) is 0 Å². The van der Waals surface area contributed by atoms with Crippen LogP contribution in [0.2, 0.25) is 5.02 Å². The summed E-state index contributed by atoms with van der Waals surface area (Å²) < 4.78 is 31.7. The molecule has 0 atom stereocenters. The van der Waals surface area contributed by atoms with Gasteiger partial charge in [-0.3, -0.25) is 9.10 Å². The summed E-state index contributed by atoms with van der Waals surface area (Å²) in [6, 6.07) is 7.20. The van der Waals surface area contributed by atoms with E-state index in [1.54, 1.807) is 19.2 Å². The minimum atomic E-state index is -3.55. The highest BCUT2D eigenvalue weighted by Crippen LogP contribution is 2.39. The first-order valence-corrected chi connectivity index (χ1v) is 15.5. The summed E-state index contributed by atoms with van der Waals surface area (Å²) in [6.07, 6.45) is 3.77. The highest BCUT2D eigenvalue weighted by Gasteiger charge is 2.21. The lowest BCUT2D eigenvalue weighted by Crippen LogP contribution is -2.29. The summed E-state index contributed by atoms with van der Waals surface area (Å²) in [5, 5.41) is 9.41. The second-order valence-electron chi connectivity index (χ2n) is 10.3. The van der Waals surface area contributed by atoms with Crippen LogP contribution in [0.5, 0.6) is 5.75 Å². The highest BCUT2D eigenvalue weighted by atomic mass is 35.5. The van der Waals surface area contributed by atoms with E-state index in [-0.39, 0.29) is 22.7 Å². The molecule has 0 saturated carbocycles. The Labute approximate surface area is 258 Å². The first-order valence-electron chi connectivity index (χ1n) is 13.3. The fourth-order valence-corrected chi connectivity index (χ4v) is 4.85. The molecule has 1 amide bonds. The molecule has 3 rings (SSSR count). The van der Waals surface area contributed by atoms with Gasteiger partial charge in [0, 0.05) is 33.3 Å². The zero-order valence-electron chi connectivity index (χ0n) is 25.7. The average Bonchev–Trinajstić information content (AvgIpc) is 2.94. The lowest BCUT2D eigenvalue weighted by atomic mass is 10.1. The number of aromatic nitrogens is 2. The van der Waals surface area contributed by atoms with Gasteiger partial charge in [0.2, 0.25) is 21.9 Å². The van der Waals surface area contributed by atoms with E-state index in [2.05, 4.69) is 37.4 Å². The smallest absolute Gasteiger partial charge is 0.247 e. The van der Waals surface area contributed by atoms with Crippen molar-refractivity contribution in [3.8, 4) is 5.75 Å². The van der Waals surface area contributed by atoms with Crippen LogP contribution in [-0.4, -0.2) is 83.8 Å². The number of methoxy groups -OCH3 is 1. The third kappa shape index (κ3) is 8.27. The van der Waals surface area contributed by atoms with Gasteiger partial charge < -0.3 is 30.5 Å². The maximum Gasteiger partial charge on any atom is 0.247 e. The van der Waals surface area contributed by atoms with Crippen LogP contribution in [0.15, 0.2) is 43.1 Å². The van der Waals surface area contributed by atoms with Crippen LogP contribution in [0, 0.1) is 13.8 Å². The van der Waals surface area contributed by atoms with Crippen LogP contribution in [0.1, 0.15) is 11.1 Å². The number of carbonyl (C=O) groups is 1. The number of likely N-dealkylation sites (N-methyl/N-ethyl adjacent to an activating group) is 2. The maximum atomic E-state index is 12.4. The number of nitrogens with zero attached hydrogens (tertiary/aromatic N) is 5.